The molecule has 0 unspecified atom stereocenters. The SMILES string of the molecule is Cc1ccc(S(=O)(=O)N(C)C[C@H]2Oc3c(NC(=O)Nc4cccc5ccccc45)cccc3C(=O)N([C@@H](C)CO)C[C@@H]2C)cc1. The number of carbonyl (C=O) groups is 2. The number of aliphatic hydroxyl groups excluding tert-OH is 1. The van der Waals surface area contributed by atoms with Gasteiger partial charge in [-0.15, -0.1) is 0 Å². The van der Waals surface area contributed by atoms with E-state index in [2.05, 4.69) is 10.6 Å². The lowest BCUT2D eigenvalue weighted by Gasteiger charge is -2.38. The first-order valence-electron chi connectivity index (χ1n) is 14.8. The van der Waals surface area contributed by atoms with Crippen molar-refractivity contribution >= 4 is 44.1 Å². The molecular formula is C34H38N4O6S. The van der Waals surface area contributed by atoms with Crippen molar-refractivity contribution in [2.75, 3.05) is 37.4 Å². The van der Waals surface area contributed by atoms with Crippen molar-refractivity contribution in [1.29, 1.82) is 0 Å². The zero-order valence-electron chi connectivity index (χ0n) is 25.7. The Morgan fingerprint density at radius 1 is 1.00 bits per heavy atom. The maximum absolute atomic E-state index is 13.8. The van der Waals surface area contributed by atoms with Crippen molar-refractivity contribution in [3.8, 4) is 5.75 Å². The summed E-state index contributed by atoms with van der Waals surface area (Å²) in [5, 5.41) is 17.5. The number of aryl methyl sites for hydroxylation is 1. The van der Waals surface area contributed by atoms with Crippen LogP contribution < -0.4 is 15.4 Å². The third-order valence-corrected chi connectivity index (χ3v) is 9.98. The molecular weight excluding hydrogens is 592 g/mol. The number of nitrogens with zero attached hydrogens (tertiary/aromatic N) is 2. The first-order chi connectivity index (χ1) is 21.5. The molecule has 0 fully saturated rings. The van der Waals surface area contributed by atoms with Crippen molar-refractivity contribution in [2.24, 2.45) is 5.92 Å². The highest BCUT2D eigenvalue weighted by Crippen LogP contribution is 2.35. The van der Waals surface area contributed by atoms with Crippen LogP contribution in [0.3, 0.4) is 0 Å². The number of amides is 3. The fourth-order valence-corrected chi connectivity index (χ4v) is 6.59. The number of benzene rings is 4. The van der Waals surface area contributed by atoms with Gasteiger partial charge in [-0.2, -0.15) is 4.31 Å². The summed E-state index contributed by atoms with van der Waals surface area (Å²) in [5.74, 6) is -0.580. The molecule has 236 valence electrons. The van der Waals surface area contributed by atoms with Gasteiger partial charge in [-0.1, -0.05) is 67.1 Å². The quantitative estimate of drug-likeness (QED) is 0.241. The number of hydrogen-bond acceptors (Lipinski definition) is 6. The molecule has 5 rings (SSSR count). The van der Waals surface area contributed by atoms with Crippen LogP contribution in [-0.4, -0.2) is 73.6 Å². The Kier molecular flexibility index (Phi) is 9.42. The fourth-order valence-electron chi connectivity index (χ4n) is 5.41. The number of urea groups is 1. The molecule has 0 bridgehead atoms. The molecule has 0 saturated heterocycles. The average Bonchev–Trinajstić information content (AvgIpc) is 3.03. The van der Waals surface area contributed by atoms with Gasteiger partial charge in [0, 0.05) is 24.9 Å². The summed E-state index contributed by atoms with van der Waals surface area (Å²) < 4.78 is 34.7. The minimum atomic E-state index is -3.85. The number of sulfonamides is 1. The predicted molar refractivity (Wildman–Crippen MR) is 175 cm³/mol. The molecule has 3 atom stereocenters. The Labute approximate surface area is 263 Å². The van der Waals surface area contributed by atoms with Gasteiger partial charge in [-0.05, 0) is 49.6 Å². The number of hydrogen-bond donors (Lipinski definition) is 3. The van der Waals surface area contributed by atoms with E-state index < -0.39 is 28.2 Å². The second kappa shape index (κ2) is 13.3. The van der Waals surface area contributed by atoms with Crippen LogP contribution in [0, 0.1) is 12.8 Å². The predicted octanol–water partition coefficient (Wildman–Crippen LogP) is 5.33. The van der Waals surface area contributed by atoms with E-state index in [-0.39, 0.29) is 53.4 Å². The molecule has 0 spiro atoms. The number of nitrogens with one attached hydrogen (secondary N) is 2. The van der Waals surface area contributed by atoms with Crippen LogP contribution in [0.15, 0.2) is 89.8 Å². The van der Waals surface area contributed by atoms with Crippen LogP contribution in [-0.2, 0) is 10.0 Å². The zero-order chi connectivity index (χ0) is 32.3. The van der Waals surface area contributed by atoms with Crippen LogP contribution in [0.5, 0.6) is 5.75 Å². The summed E-state index contributed by atoms with van der Waals surface area (Å²) in [4.78, 5) is 28.8. The minimum absolute atomic E-state index is 0.0249. The molecule has 11 heteroatoms. The minimum Gasteiger partial charge on any atom is -0.486 e. The lowest BCUT2D eigenvalue weighted by Crippen LogP contribution is -2.50. The number of anilines is 2. The summed E-state index contributed by atoms with van der Waals surface area (Å²) in [6, 6.07) is 23.7. The maximum Gasteiger partial charge on any atom is 0.323 e. The second-order valence-corrected chi connectivity index (χ2v) is 13.6. The highest BCUT2D eigenvalue weighted by atomic mass is 32.2. The van der Waals surface area contributed by atoms with Crippen molar-refractivity contribution in [3.05, 3.63) is 96.1 Å². The van der Waals surface area contributed by atoms with Gasteiger partial charge in [0.2, 0.25) is 10.0 Å². The van der Waals surface area contributed by atoms with Crippen LogP contribution in [0.2, 0.25) is 0 Å². The number of aliphatic hydroxyl groups is 1. The number of carbonyl (C=O) groups excluding carboxylic acids is 2. The molecule has 0 radical (unpaired) electrons. The smallest absolute Gasteiger partial charge is 0.323 e. The maximum atomic E-state index is 13.8. The molecule has 1 aliphatic heterocycles. The lowest BCUT2D eigenvalue weighted by atomic mass is 9.99. The van der Waals surface area contributed by atoms with E-state index in [1.165, 1.54) is 11.4 Å². The van der Waals surface area contributed by atoms with Crippen molar-refractivity contribution in [3.63, 3.8) is 0 Å². The Morgan fingerprint density at radius 3 is 2.38 bits per heavy atom. The van der Waals surface area contributed by atoms with Crippen LogP contribution in [0.25, 0.3) is 10.8 Å². The highest BCUT2D eigenvalue weighted by Gasteiger charge is 2.36. The Balaban J connectivity index is 1.48. The normalized spacial score (nSPS) is 17.6. The first-order valence-corrected chi connectivity index (χ1v) is 16.2. The molecule has 10 nitrogen and oxygen atoms in total. The van der Waals surface area contributed by atoms with E-state index in [9.17, 15) is 23.1 Å². The number of ether oxygens (including phenoxy) is 1. The largest absolute Gasteiger partial charge is 0.486 e. The summed E-state index contributed by atoms with van der Waals surface area (Å²) >= 11 is 0. The number of para-hydroxylation sites is 1. The van der Waals surface area contributed by atoms with Gasteiger partial charge in [0.15, 0.2) is 5.75 Å². The van der Waals surface area contributed by atoms with Gasteiger partial charge in [0.25, 0.3) is 5.91 Å². The van der Waals surface area contributed by atoms with Gasteiger partial charge in [-0.25, -0.2) is 13.2 Å². The fraction of sp³-hybridized carbons (Fsp3) is 0.294. The van der Waals surface area contributed by atoms with E-state index >= 15 is 0 Å². The molecule has 0 aromatic heterocycles. The molecule has 1 aliphatic rings. The first kappa shape index (κ1) is 32.0. The van der Waals surface area contributed by atoms with Gasteiger partial charge < -0.3 is 25.4 Å². The van der Waals surface area contributed by atoms with Crippen LogP contribution in [0.1, 0.15) is 29.8 Å². The number of rotatable bonds is 8. The summed E-state index contributed by atoms with van der Waals surface area (Å²) in [7, 11) is -2.36. The topological polar surface area (TPSA) is 128 Å². The molecule has 0 aliphatic carbocycles. The lowest BCUT2D eigenvalue weighted by molar-refractivity contribution is 0.0389. The molecule has 4 aromatic rings. The van der Waals surface area contributed by atoms with E-state index in [1.807, 2.05) is 50.2 Å². The van der Waals surface area contributed by atoms with Crippen molar-refractivity contribution in [2.45, 2.75) is 37.8 Å². The Bertz CT molecular complexity index is 1810. The number of fused-ring (bicyclic) bond motifs is 2. The van der Waals surface area contributed by atoms with Crippen molar-refractivity contribution < 1.29 is 27.9 Å². The molecule has 3 N–H and O–H groups in total. The van der Waals surface area contributed by atoms with Gasteiger partial charge in [-0.3, -0.25) is 4.79 Å². The van der Waals surface area contributed by atoms with Gasteiger partial charge in [0.05, 0.1) is 41.0 Å². The average molecular weight is 631 g/mol. The van der Waals surface area contributed by atoms with E-state index in [0.717, 1.165) is 16.3 Å². The Hall–Kier alpha value is -4.45. The summed E-state index contributed by atoms with van der Waals surface area (Å²) in [6.45, 7) is 5.44. The molecule has 45 heavy (non-hydrogen) atoms. The molecule has 3 amide bonds. The van der Waals surface area contributed by atoms with E-state index in [0.29, 0.717) is 5.69 Å². The van der Waals surface area contributed by atoms with Gasteiger partial charge >= 0.3 is 6.03 Å². The monoisotopic (exact) mass is 630 g/mol. The highest BCUT2D eigenvalue weighted by molar-refractivity contribution is 7.89. The summed E-state index contributed by atoms with van der Waals surface area (Å²) in [5.41, 5.74) is 1.99. The van der Waals surface area contributed by atoms with Crippen molar-refractivity contribution in [1.82, 2.24) is 9.21 Å². The summed E-state index contributed by atoms with van der Waals surface area (Å²) in [6.07, 6.45) is -0.709. The second-order valence-electron chi connectivity index (χ2n) is 11.5. The standard InChI is InChI=1S/C34H38N4O6S/c1-22-15-17-26(18-16-22)45(42,43)37(4)20-31-23(2)19-38(24(3)21-39)33(40)28-12-8-14-30(32(28)44-31)36-34(41)35-29-13-7-10-25-9-5-6-11-27(25)29/h5-18,23-24,31,39H,19-21H2,1-4H3,(H2,35,36,41)/t23-,24-,31+/m0/s1. The molecule has 1 heterocycles. The third-order valence-electron chi connectivity index (χ3n) is 8.14. The van der Waals surface area contributed by atoms with Gasteiger partial charge in [0.1, 0.15) is 6.10 Å². The molecule has 4 aromatic carbocycles. The zero-order valence-corrected chi connectivity index (χ0v) is 26.5. The van der Waals surface area contributed by atoms with Crippen LogP contribution >= 0.6 is 0 Å². The third kappa shape index (κ3) is 6.80. The van der Waals surface area contributed by atoms with Crippen LogP contribution in [0.4, 0.5) is 16.2 Å². The van der Waals surface area contributed by atoms with E-state index in [4.69, 9.17) is 4.74 Å². The Morgan fingerprint density at radius 2 is 1.64 bits per heavy atom. The molecule has 0 saturated carbocycles. The van der Waals surface area contributed by atoms with E-state index in [1.54, 1.807) is 60.4 Å². The number of likely N-dealkylation sites (N-methyl/N-ethyl adjacent to an activating group) is 1.